The number of alkyl halides is 6. The van der Waals surface area contributed by atoms with Crippen molar-refractivity contribution in [2.45, 2.75) is 32.2 Å². The van der Waals surface area contributed by atoms with Crippen LogP contribution in [0.3, 0.4) is 0 Å². The van der Waals surface area contributed by atoms with E-state index in [0.29, 0.717) is 0 Å². The Bertz CT molecular complexity index is 1010. The summed E-state index contributed by atoms with van der Waals surface area (Å²) < 4.78 is 77.4. The van der Waals surface area contributed by atoms with E-state index in [1.54, 1.807) is 13.8 Å². The number of hydrogen-bond acceptors (Lipinski definition) is 8. The average molecular weight is 458 g/mol. The van der Waals surface area contributed by atoms with Gasteiger partial charge in [-0.15, -0.1) is 0 Å². The highest BCUT2D eigenvalue weighted by atomic mass is 19.4. The minimum Gasteiger partial charge on any atom is -0.352 e. The Morgan fingerprint density at radius 2 is 1.03 bits per heavy atom. The van der Waals surface area contributed by atoms with Crippen LogP contribution in [0.5, 0.6) is 0 Å². The first-order valence-electron chi connectivity index (χ1n) is 9.05. The molecule has 3 aromatic heterocycles. The van der Waals surface area contributed by atoms with E-state index in [4.69, 9.17) is 0 Å². The molecule has 14 heteroatoms. The molecule has 8 nitrogen and oxygen atoms in total. The molecule has 0 amide bonds. The summed E-state index contributed by atoms with van der Waals surface area (Å²) in [6.45, 7) is 3.57. The maximum absolute atomic E-state index is 12.9. The first-order valence-corrected chi connectivity index (χ1v) is 9.05. The van der Waals surface area contributed by atoms with Crippen LogP contribution in [-0.4, -0.2) is 31.0 Å². The number of halogens is 6. The average Bonchev–Trinajstić information content (AvgIpc) is 2.66. The molecule has 0 fully saturated rings. The van der Waals surface area contributed by atoms with E-state index < -0.39 is 23.7 Å². The van der Waals surface area contributed by atoms with E-state index >= 15 is 0 Å². The van der Waals surface area contributed by atoms with Crippen molar-refractivity contribution in [1.82, 2.24) is 24.9 Å². The van der Waals surface area contributed by atoms with Crippen LogP contribution in [0.4, 0.5) is 55.8 Å². The number of hydrogen-bond donors (Lipinski definition) is 3. The van der Waals surface area contributed by atoms with Crippen LogP contribution in [0.2, 0.25) is 0 Å². The molecule has 0 saturated heterocycles. The summed E-state index contributed by atoms with van der Waals surface area (Å²) in [6, 6.07) is 6.33. The minimum atomic E-state index is -4.65. The molecule has 170 valence electrons. The monoisotopic (exact) mass is 458 g/mol. The molecular weight excluding hydrogens is 442 g/mol. The lowest BCUT2D eigenvalue weighted by Crippen LogP contribution is -2.16. The van der Waals surface area contributed by atoms with Gasteiger partial charge in [-0.25, -0.2) is 9.97 Å². The van der Waals surface area contributed by atoms with Gasteiger partial charge in [-0.3, -0.25) is 0 Å². The lowest BCUT2D eigenvalue weighted by atomic mass is 10.3. The van der Waals surface area contributed by atoms with Gasteiger partial charge in [0.1, 0.15) is 23.0 Å². The number of rotatable bonds is 6. The largest absolute Gasteiger partial charge is 0.433 e. The summed E-state index contributed by atoms with van der Waals surface area (Å²) in [5.74, 6) is -0.734. The highest BCUT2D eigenvalue weighted by molar-refractivity contribution is 5.55. The zero-order chi connectivity index (χ0) is 23.5. The summed E-state index contributed by atoms with van der Waals surface area (Å²) in [4.78, 5) is 19.0. The molecule has 0 unspecified atom stereocenters. The molecule has 0 radical (unpaired) electrons. The SMILES string of the molecule is CC(C)Nc1nc(Nc2cccc(C(F)(F)F)n2)nc(Nc2cccc(C(F)(F)F)n2)n1. The molecule has 0 aliphatic heterocycles. The van der Waals surface area contributed by atoms with Crippen LogP contribution in [0, 0.1) is 0 Å². The van der Waals surface area contributed by atoms with Crippen molar-refractivity contribution in [2.24, 2.45) is 0 Å². The number of anilines is 5. The topological polar surface area (TPSA) is 101 Å². The molecule has 0 aromatic carbocycles. The van der Waals surface area contributed by atoms with Gasteiger partial charge in [0.25, 0.3) is 0 Å². The normalized spacial score (nSPS) is 12.0. The van der Waals surface area contributed by atoms with Gasteiger partial charge in [-0.05, 0) is 38.1 Å². The van der Waals surface area contributed by atoms with Crippen molar-refractivity contribution < 1.29 is 26.3 Å². The fourth-order valence-corrected chi connectivity index (χ4v) is 2.36. The van der Waals surface area contributed by atoms with Crippen molar-refractivity contribution >= 4 is 29.5 Å². The molecule has 0 atom stereocenters. The summed E-state index contributed by atoms with van der Waals surface area (Å²) in [7, 11) is 0. The van der Waals surface area contributed by atoms with Crippen LogP contribution >= 0.6 is 0 Å². The number of aromatic nitrogens is 5. The molecule has 32 heavy (non-hydrogen) atoms. The number of nitrogens with one attached hydrogen (secondary N) is 3. The van der Waals surface area contributed by atoms with Crippen molar-refractivity contribution in [3.8, 4) is 0 Å². The number of pyridine rings is 2. The molecule has 0 aliphatic rings. The van der Waals surface area contributed by atoms with Gasteiger partial charge in [0, 0.05) is 6.04 Å². The van der Waals surface area contributed by atoms with E-state index in [2.05, 4.69) is 40.9 Å². The van der Waals surface area contributed by atoms with Gasteiger partial charge in [0.15, 0.2) is 0 Å². The van der Waals surface area contributed by atoms with Gasteiger partial charge in [0.05, 0.1) is 0 Å². The Morgan fingerprint density at radius 1 is 0.625 bits per heavy atom. The second-order valence-electron chi connectivity index (χ2n) is 6.67. The predicted octanol–water partition coefficient (Wildman–Crippen LogP) is 5.01. The first kappa shape index (κ1) is 23.0. The van der Waals surface area contributed by atoms with E-state index in [-0.39, 0.29) is 35.5 Å². The van der Waals surface area contributed by atoms with E-state index in [9.17, 15) is 26.3 Å². The Morgan fingerprint density at radius 3 is 1.41 bits per heavy atom. The zero-order valence-electron chi connectivity index (χ0n) is 16.5. The highest BCUT2D eigenvalue weighted by Gasteiger charge is 2.33. The summed E-state index contributed by atoms with van der Waals surface area (Å²) in [5, 5.41) is 7.96. The lowest BCUT2D eigenvalue weighted by Gasteiger charge is -2.13. The van der Waals surface area contributed by atoms with Gasteiger partial charge >= 0.3 is 12.4 Å². The zero-order valence-corrected chi connectivity index (χ0v) is 16.5. The van der Waals surface area contributed by atoms with E-state index in [1.807, 2.05) is 0 Å². The van der Waals surface area contributed by atoms with Crippen molar-refractivity contribution in [3.05, 3.63) is 47.8 Å². The summed E-state index contributed by atoms with van der Waals surface area (Å²) >= 11 is 0. The predicted molar refractivity (Wildman–Crippen MR) is 104 cm³/mol. The first-order chi connectivity index (χ1) is 14.9. The smallest absolute Gasteiger partial charge is 0.352 e. The van der Waals surface area contributed by atoms with Crippen molar-refractivity contribution in [3.63, 3.8) is 0 Å². The Hall–Kier alpha value is -3.71. The molecule has 0 spiro atoms. The fourth-order valence-electron chi connectivity index (χ4n) is 2.36. The maximum Gasteiger partial charge on any atom is 0.433 e. The van der Waals surface area contributed by atoms with Gasteiger partial charge in [-0.1, -0.05) is 12.1 Å². The van der Waals surface area contributed by atoms with Crippen LogP contribution in [0.1, 0.15) is 25.2 Å². The molecule has 0 saturated carbocycles. The molecule has 0 aliphatic carbocycles. The molecule has 3 N–H and O–H groups in total. The Kier molecular flexibility index (Phi) is 6.32. The summed E-state index contributed by atoms with van der Waals surface area (Å²) in [6.07, 6.45) is -9.30. The molecular formula is C18H16F6N8. The van der Waals surface area contributed by atoms with Crippen LogP contribution in [0.15, 0.2) is 36.4 Å². The van der Waals surface area contributed by atoms with Crippen molar-refractivity contribution in [2.75, 3.05) is 16.0 Å². The third kappa shape index (κ3) is 6.15. The third-order valence-corrected chi connectivity index (χ3v) is 3.61. The van der Waals surface area contributed by atoms with Crippen molar-refractivity contribution in [1.29, 1.82) is 0 Å². The maximum atomic E-state index is 12.9. The van der Waals surface area contributed by atoms with Crippen LogP contribution in [0.25, 0.3) is 0 Å². The van der Waals surface area contributed by atoms with Gasteiger partial charge in [0.2, 0.25) is 17.8 Å². The quantitative estimate of drug-likeness (QED) is 0.444. The molecule has 3 rings (SSSR count). The van der Waals surface area contributed by atoms with Crippen LogP contribution in [-0.2, 0) is 12.4 Å². The van der Waals surface area contributed by atoms with E-state index in [0.717, 1.165) is 24.3 Å². The summed E-state index contributed by atoms with van der Waals surface area (Å²) in [5.41, 5.74) is -2.24. The molecule has 3 heterocycles. The second kappa shape index (κ2) is 8.80. The standard InChI is InChI=1S/C18H16F6N8/c1-9(2)25-14-30-15(28-12-7-3-5-10(26-12)17(19,20)21)32-16(31-14)29-13-8-4-6-11(27-13)18(22,23)24/h3-9H,1-2H3,(H3,25,26,27,28,29,30,31,32). The van der Waals surface area contributed by atoms with Gasteiger partial charge < -0.3 is 16.0 Å². The highest BCUT2D eigenvalue weighted by Crippen LogP contribution is 2.30. The third-order valence-electron chi connectivity index (χ3n) is 3.61. The number of nitrogens with zero attached hydrogens (tertiary/aromatic N) is 5. The molecule has 3 aromatic rings. The fraction of sp³-hybridized carbons (Fsp3) is 0.278. The van der Waals surface area contributed by atoms with Gasteiger partial charge in [-0.2, -0.15) is 41.3 Å². The van der Waals surface area contributed by atoms with Crippen LogP contribution < -0.4 is 16.0 Å². The Balaban J connectivity index is 1.92. The Labute approximate surface area is 177 Å². The lowest BCUT2D eigenvalue weighted by molar-refractivity contribution is -0.141. The van der Waals surface area contributed by atoms with E-state index in [1.165, 1.54) is 12.1 Å². The minimum absolute atomic E-state index is 0.0268. The second-order valence-corrected chi connectivity index (χ2v) is 6.67. The molecule has 0 bridgehead atoms.